The van der Waals surface area contributed by atoms with Crippen molar-refractivity contribution in [1.82, 2.24) is 4.90 Å². The van der Waals surface area contributed by atoms with E-state index < -0.39 is 34.6 Å². The van der Waals surface area contributed by atoms with Gasteiger partial charge in [-0.15, -0.1) is 0 Å². The van der Waals surface area contributed by atoms with Gasteiger partial charge in [0.05, 0.1) is 16.7 Å². The van der Waals surface area contributed by atoms with E-state index >= 15 is 0 Å². The summed E-state index contributed by atoms with van der Waals surface area (Å²) in [5, 5.41) is 0. The zero-order valence-electron chi connectivity index (χ0n) is 17.1. The van der Waals surface area contributed by atoms with Crippen molar-refractivity contribution in [3.63, 3.8) is 0 Å². The van der Waals surface area contributed by atoms with Crippen molar-refractivity contribution in [3.8, 4) is 5.75 Å². The van der Waals surface area contributed by atoms with Gasteiger partial charge in [0.15, 0.2) is 9.84 Å². The Morgan fingerprint density at radius 1 is 1.00 bits per heavy atom. The molecule has 0 amide bonds. The van der Waals surface area contributed by atoms with Crippen LogP contribution in [-0.2, 0) is 16.3 Å². The molecule has 4 nitrogen and oxygen atoms in total. The number of ether oxygens (including phenoxy) is 1. The summed E-state index contributed by atoms with van der Waals surface area (Å²) in [5.74, 6) is 0.0277. The number of hydrogen-bond acceptors (Lipinski definition) is 4. The third-order valence-electron chi connectivity index (χ3n) is 6.07. The van der Waals surface area contributed by atoms with Crippen molar-refractivity contribution in [2.24, 2.45) is 0 Å². The Labute approximate surface area is 180 Å². The molecule has 0 saturated carbocycles. The Balaban J connectivity index is 1.47. The van der Waals surface area contributed by atoms with E-state index in [1.807, 2.05) is 12.1 Å². The lowest BCUT2D eigenvalue weighted by atomic mass is 10.1. The molecule has 31 heavy (non-hydrogen) atoms. The number of halogens is 3. The second-order valence-corrected chi connectivity index (χ2v) is 10.4. The van der Waals surface area contributed by atoms with Crippen molar-refractivity contribution >= 4 is 9.84 Å². The van der Waals surface area contributed by atoms with Crippen LogP contribution in [0.2, 0.25) is 0 Å². The Kier molecular flexibility index (Phi) is 6.30. The van der Waals surface area contributed by atoms with Crippen molar-refractivity contribution < 1.29 is 26.3 Å². The second-order valence-electron chi connectivity index (χ2n) is 8.26. The predicted octanol–water partition coefficient (Wildman–Crippen LogP) is 4.94. The maximum Gasteiger partial charge on any atom is 0.389 e. The standard InChI is InChI=1S/C23H26F3NO3S/c24-23(25,26)12-5-15-31(28,29)19-10-8-18(9-11-19)30-22-20-7-2-1-6-17(20)16-21(22)27-13-3-4-14-27/h1-2,6-11,21-22H,3-5,12-16H2/t21-,22-/m0/s1. The van der Waals surface area contributed by atoms with Crippen LogP contribution in [0.4, 0.5) is 13.2 Å². The molecule has 1 aliphatic heterocycles. The van der Waals surface area contributed by atoms with Gasteiger partial charge in [0, 0.05) is 6.42 Å². The molecule has 2 aromatic rings. The summed E-state index contributed by atoms with van der Waals surface area (Å²) in [7, 11) is -3.76. The molecule has 0 bridgehead atoms. The molecule has 0 N–H and O–H groups in total. The van der Waals surface area contributed by atoms with E-state index in [9.17, 15) is 21.6 Å². The molecule has 4 rings (SSSR count). The molecule has 1 saturated heterocycles. The molecular formula is C23H26F3NO3S. The summed E-state index contributed by atoms with van der Waals surface area (Å²) in [5.41, 5.74) is 2.43. The van der Waals surface area contributed by atoms with E-state index in [2.05, 4.69) is 17.0 Å². The molecular weight excluding hydrogens is 427 g/mol. The Hall–Kier alpha value is -2.06. The number of fused-ring (bicyclic) bond motifs is 1. The predicted molar refractivity (Wildman–Crippen MR) is 112 cm³/mol. The zero-order valence-corrected chi connectivity index (χ0v) is 18.0. The van der Waals surface area contributed by atoms with Crippen molar-refractivity contribution in [3.05, 3.63) is 59.7 Å². The Bertz CT molecular complexity index is 999. The van der Waals surface area contributed by atoms with Crippen molar-refractivity contribution in [2.45, 2.75) is 55.3 Å². The van der Waals surface area contributed by atoms with Crippen LogP contribution in [0.25, 0.3) is 0 Å². The fraction of sp³-hybridized carbons (Fsp3) is 0.478. The monoisotopic (exact) mass is 453 g/mol. The van der Waals surface area contributed by atoms with Gasteiger partial charge >= 0.3 is 6.18 Å². The average Bonchev–Trinajstić information content (AvgIpc) is 3.36. The highest BCUT2D eigenvalue weighted by Gasteiger charge is 2.38. The van der Waals surface area contributed by atoms with E-state index in [0.29, 0.717) is 5.75 Å². The lowest BCUT2D eigenvalue weighted by Crippen LogP contribution is -2.38. The largest absolute Gasteiger partial charge is 0.484 e. The van der Waals surface area contributed by atoms with E-state index in [1.165, 1.54) is 30.5 Å². The molecule has 0 unspecified atom stereocenters. The summed E-state index contributed by atoms with van der Waals surface area (Å²) in [6.45, 7) is 2.10. The van der Waals surface area contributed by atoms with Crippen molar-refractivity contribution in [1.29, 1.82) is 0 Å². The highest BCUT2D eigenvalue weighted by molar-refractivity contribution is 7.91. The van der Waals surface area contributed by atoms with Gasteiger partial charge in [-0.05, 0) is 74.2 Å². The second kappa shape index (κ2) is 8.82. The quantitative estimate of drug-likeness (QED) is 0.596. The van der Waals surface area contributed by atoms with Gasteiger partial charge in [0.2, 0.25) is 0 Å². The molecule has 2 atom stereocenters. The van der Waals surface area contributed by atoms with Crippen LogP contribution in [0.5, 0.6) is 5.75 Å². The maximum atomic E-state index is 12.3. The Morgan fingerprint density at radius 3 is 2.35 bits per heavy atom. The lowest BCUT2D eigenvalue weighted by Gasteiger charge is -2.30. The molecule has 1 heterocycles. The van der Waals surface area contributed by atoms with E-state index in [0.717, 1.165) is 25.1 Å². The van der Waals surface area contributed by atoms with Crippen LogP contribution in [0.3, 0.4) is 0 Å². The van der Waals surface area contributed by atoms with Crippen LogP contribution < -0.4 is 4.74 Å². The highest BCUT2D eigenvalue weighted by Crippen LogP contribution is 2.39. The summed E-state index contributed by atoms with van der Waals surface area (Å²) in [6, 6.07) is 14.5. The first-order valence-corrected chi connectivity index (χ1v) is 12.3. The average molecular weight is 454 g/mol. The molecule has 2 aromatic carbocycles. The number of likely N-dealkylation sites (tertiary alicyclic amines) is 1. The number of benzene rings is 2. The first-order valence-electron chi connectivity index (χ1n) is 10.6. The fourth-order valence-electron chi connectivity index (χ4n) is 4.53. The topological polar surface area (TPSA) is 46.6 Å². The minimum Gasteiger partial charge on any atom is -0.484 e. The van der Waals surface area contributed by atoms with Gasteiger partial charge in [-0.1, -0.05) is 24.3 Å². The van der Waals surface area contributed by atoms with Crippen LogP contribution in [-0.4, -0.2) is 44.4 Å². The molecule has 1 aliphatic carbocycles. The number of hydrogen-bond donors (Lipinski definition) is 0. The minimum atomic E-state index is -4.35. The minimum absolute atomic E-state index is 0.0185. The van der Waals surface area contributed by atoms with Crippen LogP contribution in [0.1, 0.15) is 42.9 Å². The maximum absolute atomic E-state index is 12.3. The summed E-state index contributed by atoms with van der Waals surface area (Å²) < 4.78 is 68.0. The number of nitrogens with zero attached hydrogens (tertiary/aromatic N) is 1. The molecule has 168 valence electrons. The van der Waals surface area contributed by atoms with E-state index in [-0.39, 0.29) is 17.0 Å². The first-order chi connectivity index (χ1) is 14.7. The summed E-state index contributed by atoms with van der Waals surface area (Å²) in [6.07, 6.45) is -2.75. The van der Waals surface area contributed by atoms with Crippen molar-refractivity contribution in [2.75, 3.05) is 18.8 Å². The smallest absolute Gasteiger partial charge is 0.389 e. The van der Waals surface area contributed by atoms with Gasteiger partial charge in [-0.25, -0.2) is 8.42 Å². The third kappa shape index (κ3) is 5.23. The van der Waals surface area contributed by atoms with Crippen LogP contribution in [0, 0.1) is 0 Å². The number of sulfone groups is 1. The fourth-order valence-corrected chi connectivity index (χ4v) is 5.84. The SMILES string of the molecule is O=S(=O)(CCCC(F)(F)F)c1ccc(O[C@H]2c3ccccc3C[C@@H]2N2CCCC2)cc1. The van der Waals surface area contributed by atoms with Crippen LogP contribution in [0.15, 0.2) is 53.4 Å². The molecule has 2 aliphatic rings. The van der Waals surface area contributed by atoms with Gasteiger partial charge in [0.25, 0.3) is 0 Å². The molecule has 8 heteroatoms. The number of rotatable bonds is 7. The first kappa shape index (κ1) is 22.1. The molecule has 0 spiro atoms. The lowest BCUT2D eigenvalue weighted by molar-refractivity contribution is -0.134. The molecule has 1 fully saturated rings. The third-order valence-corrected chi connectivity index (χ3v) is 7.89. The molecule has 0 radical (unpaired) electrons. The highest BCUT2D eigenvalue weighted by atomic mass is 32.2. The number of alkyl halides is 3. The van der Waals surface area contributed by atoms with E-state index in [4.69, 9.17) is 4.74 Å². The van der Waals surface area contributed by atoms with Gasteiger partial charge in [-0.3, -0.25) is 4.90 Å². The normalized spacial score (nSPS) is 21.9. The zero-order chi connectivity index (χ0) is 22.1. The van der Waals surface area contributed by atoms with Gasteiger partial charge in [-0.2, -0.15) is 13.2 Å². The summed E-state index contributed by atoms with van der Waals surface area (Å²) >= 11 is 0. The Morgan fingerprint density at radius 2 is 1.68 bits per heavy atom. The van der Waals surface area contributed by atoms with E-state index in [1.54, 1.807) is 12.1 Å². The van der Waals surface area contributed by atoms with Gasteiger partial charge in [0.1, 0.15) is 11.9 Å². The summed E-state index contributed by atoms with van der Waals surface area (Å²) in [4.78, 5) is 2.48. The van der Waals surface area contributed by atoms with Gasteiger partial charge < -0.3 is 4.74 Å². The molecule has 0 aromatic heterocycles. The van der Waals surface area contributed by atoms with Crippen LogP contribution >= 0.6 is 0 Å².